The van der Waals surface area contributed by atoms with Crippen LogP contribution in [-0.4, -0.2) is 55.7 Å². The molecular formula is C57H98O8. The second-order valence-electron chi connectivity index (χ2n) is 21.7. The second-order valence-corrected chi connectivity index (χ2v) is 21.7. The summed E-state index contributed by atoms with van der Waals surface area (Å²) >= 11 is 0. The monoisotopic (exact) mass is 911 g/mol. The van der Waals surface area contributed by atoms with Crippen LogP contribution in [0.15, 0.2) is 11.6 Å². The van der Waals surface area contributed by atoms with Gasteiger partial charge in [0.15, 0.2) is 5.78 Å². The molecule has 0 bridgehead atoms. The summed E-state index contributed by atoms with van der Waals surface area (Å²) in [6.07, 6.45) is 42.5. The molecule has 0 saturated heterocycles. The van der Waals surface area contributed by atoms with E-state index in [4.69, 9.17) is 18.9 Å². The molecule has 4 aliphatic carbocycles. The van der Waals surface area contributed by atoms with E-state index >= 15 is 0 Å². The zero-order valence-electron chi connectivity index (χ0n) is 42.5. The molecule has 0 aromatic heterocycles. The van der Waals surface area contributed by atoms with Crippen LogP contribution in [0.1, 0.15) is 265 Å². The first kappa shape index (κ1) is 55.4. The van der Waals surface area contributed by atoms with E-state index in [0.717, 1.165) is 83.5 Å². The summed E-state index contributed by atoms with van der Waals surface area (Å²) in [6.45, 7) is 9.39. The fraction of sp³-hybridized carbons (Fsp3) is 0.895. The largest absolute Gasteiger partial charge is 0.463 e. The van der Waals surface area contributed by atoms with Gasteiger partial charge >= 0.3 is 17.9 Å². The number of hydrogen-bond acceptors (Lipinski definition) is 8. The molecule has 6 atom stereocenters. The van der Waals surface area contributed by atoms with Gasteiger partial charge < -0.3 is 18.9 Å². The summed E-state index contributed by atoms with van der Waals surface area (Å²) in [5.41, 5.74) is 1.47. The molecule has 0 radical (unpaired) electrons. The van der Waals surface area contributed by atoms with Crippen molar-refractivity contribution in [1.29, 1.82) is 0 Å². The van der Waals surface area contributed by atoms with Crippen LogP contribution in [0.4, 0.5) is 0 Å². The van der Waals surface area contributed by atoms with E-state index in [2.05, 4.69) is 27.7 Å². The number of ether oxygens (including phenoxy) is 4. The van der Waals surface area contributed by atoms with Gasteiger partial charge in [0.2, 0.25) is 0 Å². The Kier molecular flexibility index (Phi) is 27.1. The first-order chi connectivity index (χ1) is 31.6. The number of hydrogen-bond donors (Lipinski definition) is 0. The zero-order valence-corrected chi connectivity index (χ0v) is 42.5. The van der Waals surface area contributed by atoms with E-state index < -0.39 is 6.10 Å². The summed E-state index contributed by atoms with van der Waals surface area (Å²) in [7, 11) is 0. The maximum absolute atomic E-state index is 13.4. The molecule has 8 nitrogen and oxygen atoms in total. The Hall–Kier alpha value is -2.22. The van der Waals surface area contributed by atoms with Gasteiger partial charge in [0.25, 0.3) is 0 Å². The van der Waals surface area contributed by atoms with E-state index in [0.29, 0.717) is 42.8 Å². The smallest absolute Gasteiger partial charge is 0.308 e. The number of carbonyl (C=O) groups excluding carboxylic acids is 4. The number of allylic oxidation sites excluding steroid dienone is 1. The fourth-order valence-electron chi connectivity index (χ4n) is 12.5. The van der Waals surface area contributed by atoms with Crippen LogP contribution in [0, 0.1) is 28.6 Å². The van der Waals surface area contributed by atoms with Gasteiger partial charge in [-0.3, -0.25) is 19.2 Å². The summed E-state index contributed by atoms with van der Waals surface area (Å²) < 4.78 is 23.7. The fourth-order valence-corrected chi connectivity index (χ4v) is 12.5. The number of carbonyl (C=O) groups is 4. The van der Waals surface area contributed by atoms with Crippen molar-refractivity contribution in [3.05, 3.63) is 11.6 Å². The van der Waals surface area contributed by atoms with Gasteiger partial charge in [-0.05, 0) is 87.0 Å². The molecule has 0 unspecified atom stereocenters. The van der Waals surface area contributed by atoms with Crippen molar-refractivity contribution in [2.45, 2.75) is 277 Å². The maximum Gasteiger partial charge on any atom is 0.308 e. The highest BCUT2D eigenvalue weighted by molar-refractivity contribution is 5.91. The minimum Gasteiger partial charge on any atom is -0.463 e. The third-order valence-electron chi connectivity index (χ3n) is 16.6. The van der Waals surface area contributed by atoms with Gasteiger partial charge in [0.1, 0.15) is 25.4 Å². The van der Waals surface area contributed by atoms with E-state index in [1.807, 2.05) is 6.08 Å². The lowest BCUT2D eigenvalue weighted by atomic mass is 9.47. The molecule has 65 heavy (non-hydrogen) atoms. The van der Waals surface area contributed by atoms with Crippen LogP contribution in [0.3, 0.4) is 0 Å². The van der Waals surface area contributed by atoms with Crippen molar-refractivity contribution in [2.24, 2.45) is 28.6 Å². The predicted molar refractivity (Wildman–Crippen MR) is 263 cm³/mol. The number of esters is 3. The lowest BCUT2D eigenvalue weighted by Crippen LogP contribution is -2.51. The van der Waals surface area contributed by atoms with Gasteiger partial charge in [-0.2, -0.15) is 0 Å². The number of ketones is 1. The van der Waals surface area contributed by atoms with Gasteiger partial charge in [-0.15, -0.1) is 0 Å². The minimum atomic E-state index is -0.640. The second kappa shape index (κ2) is 31.8. The molecule has 8 heteroatoms. The summed E-state index contributed by atoms with van der Waals surface area (Å²) in [6, 6.07) is 0. The van der Waals surface area contributed by atoms with Gasteiger partial charge in [0.05, 0.1) is 13.0 Å². The molecule has 0 N–H and O–H groups in total. The molecule has 374 valence electrons. The molecule has 0 aromatic rings. The third kappa shape index (κ3) is 19.7. The average molecular weight is 911 g/mol. The average Bonchev–Trinajstić information content (AvgIpc) is 3.62. The van der Waals surface area contributed by atoms with Crippen molar-refractivity contribution in [3.8, 4) is 0 Å². The third-order valence-corrected chi connectivity index (χ3v) is 16.6. The lowest BCUT2D eigenvalue weighted by Gasteiger charge is -2.57. The van der Waals surface area contributed by atoms with Crippen molar-refractivity contribution in [3.63, 3.8) is 0 Å². The zero-order chi connectivity index (χ0) is 46.6. The Labute approximate surface area is 398 Å². The Morgan fingerprint density at radius 2 is 1.03 bits per heavy atom. The molecule has 0 aliphatic heterocycles. The Morgan fingerprint density at radius 1 is 0.554 bits per heavy atom. The van der Waals surface area contributed by atoms with E-state index in [1.165, 1.54) is 134 Å². The number of fused-ring (bicyclic) bond motifs is 5. The molecule has 0 spiro atoms. The molecule has 4 rings (SSSR count). The van der Waals surface area contributed by atoms with Crippen molar-refractivity contribution >= 4 is 23.7 Å². The predicted octanol–water partition coefficient (Wildman–Crippen LogP) is 15.3. The van der Waals surface area contributed by atoms with Gasteiger partial charge in [-0.1, -0.05) is 187 Å². The normalized spacial score (nSPS) is 24.9. The van der Waals surface area contributed by atoms with E-state index in [1.54, 1.807) is 0 Å². The molecule has 3 fully saturated rings. The van der Waals surface area contributed by atoms with Crippen LogP contribution in [0.2, 0.25) is 0 Å². The molecular weight excluding hydrogens is 813 g/mol. The van der Waals surface area contributed by atoms with E-state index in [9.17, 15) is 19.2 Å². The van der Waals surface area contributed by atoms with Crippen LogP contribution < -0.4 is 0 Å². The van der Waals surface area contributed by atoms with Crippen molar-refractivity contribution < 1.29 is 38.1 Å². The standard InChI is InChI=1S/C57H98O8/c1-5-7-9-11-13-15-17-19-21-23-25-27-29-31-53(59)63-44-48(45-64-54(60)32-30-28-26-24-22-20-18-16-14-12-10-8-6-2)62-42-39-55(61)65-52-36-35-50-49-34-33-46-43-47(58)37-40-56(46,3)51(49)38-41-57(50,52)4/h43,48-52H,5-42,44-45H2,1-4H3/t49-,50-,51-,52-,56-,57-/m0/s1. The van der Waals surface area contributed by atoms with Crippen LogP contribution in [0.5, 0.6) is 0 Å². The molecule has 3 saturated carbocycles. The molecule has 0 heterocycles. The minimum absolute atomic E-state index is 0.00669. The number of unbranched alkanes of at least 4 members (excludes halogenated alkanes) is 24. The van der Waals surface area contributed by atoms with Crippen molar-refractivity contribution in [2.75, 3.05) is 19.8 Å². The first-order valence-electron chi connectivity index (χ1n) is 28.0. The molecule has 0 aromatic carbocycles. The van der Waals surface area contributed by atoms with Gasteiger partial charge in [0, 0.05) is 24.7 Å². The first-order valence-corrected chi connectivity index (χ1v) is 28.0. The Morgan fingerprint density at radius 3 is 1.52 bits per heavy atom. The highest BCUT2D eigenvalue weighted by Crippen LogP contribution is 2.65. The highest BCUT2D eigenvalue weighted by atomic mass is 16.6. The maximum atomic E-state index is 13.4. The van der Waals surface area contributed by atoms with Crippen LogP contribution in [0.25, 0.3) is 0 Å². The Bertz CT molecular complexity index is 1340. The molecule has 0 amide bonds. The quantitative estimate of drug-likeness (QED) is 0.0345. The van der Waals surface area contributed by atoms with Crippen LogP contribution in [-0.2, 0) is 38.1 Å². The van der Waals surface area contributed by atoms with E-state index in [-0.39, 0.29) is 61.1 Å². The summed E-state index contributed by atoms with van der Waals surface area (Å²) in [5, 5.41) is 0. The van der Waals surface area contributed by atoms with Crippen LogP contribution >= 0.6 is 0 Å². The molecule has 4 aliphatic rings. The van der Waals surface area contributed by atoms with Gasteiger partial charge in [-0.25, -0.2) is 0 Å². The lowest BCUT2D eigenvalue weighted by molar-refractivity contribution is -0.164. The SMILES string of the molecule is CCCCCCCCCCCCCCCC(=O)OCC(COC(=O)CCCCCCCCCCCCCCC)OCCC(=O)O[C@H]1CC[C@H]2[C@@H]3CCC4=CC(=O)CC[C@]4(C)[C@H]3CC[C@]12C. The summed E-state index contributed by atoms with van der Waals surface area (Å²) in [4.78, 5) is 51.2. The highest BCUT2D eigenvalue weighted by Gasteiger charge is 2.60. The summed E-state index contributed by atoms with van der Waals surface area (Å²) in [5.74, 6) is 1.25. The topological polar surface area (TPSA) is 105 Å². The van der Waals surface area contributed by atoms with Crippen molar-refractivity contribution in [1.82, 2.24) is 0 Å². The Balaban J connectivity index is 1.14. The number of rotatable bonds is 37.